The van der Waals surface area contributed by atoms with Crippen LogP contribution in [0, 0.1) is 11.8 Å². The third kappa shape index (κ3) is 3.14. The minimum Gasteiger partial charge on any atom is -0.369 e. The summed E-state index contributed by atoms with van der Waals surface area (Å²) < 4.78 is 0. The largest absolute Gasteiger partial charge is 0.369 e. The number of hydrogen-bond acceptors (Lipinski definition) is 3. The second kappa shape index (κ2) is 6.83. The number of carbonyl (C=O) groups is 2. The van der Waals surface area contributed by atoms with Crippen LogP contribution in [0.4, 0.5) is 4.79 Å². The number of nitrogens with one attached hydrogen (secondary N) is 1. The molecule has 0 bridgehead atoms. The minimum absolute atomic E-state index is 0.0657. The molecule has 138 valence electrons. The van der Waals surface area contributed by atoms with Crippen molar-refractivity contribution in [3.05, 3.63) is 41.1 Å². The van der Waals surface area contributed by atoms with Crippen LogP contribution in [0.2, 0.25) is 0 Å². The number of amides is 3. The number of nitrogens with zero attached hydrogens (tertiary/aromatic N) is 2. The van der Waals surface area contributed by atoms with Gasteiger partial charge in [-0.1, -0.05) is 41.9 Å². The van der Waals surface area contributed by atoms with E-state index in [0.29, 0.717) is 30.7 Å². The minimum atomic E-state index is -0.524. The lowest BCUT2D eigenvalue weighted by atomic mass is 9.88. The number of carbonyl (C=O) groups excluding carboxylic acids is 2. The molecule has 3 N–H and O–H groups in total. The number of primary amides is 1. The lowest BCUT2D eigenvalue weighted by Gasteiger charge is -2.40. The van der Waals surface area contributed by atoms with Gasteiger partial charge in [0.2, 0.25) is 5.91 Å². The molecule has 0 aromatic heterocycles. The molecule has 1 aromatic rings. The van der Waals surface area contributed by atoms with Crippen LogP contribution in [0.25, 0.3) is 5.57 Å². The molecular formula is C19H23ClN4O2. The topological polar surface area (TPSA) is 78.7 Å². The van der Waals surface area contributed by atoms with E-state index in [2.05, 4.69) is 5.32 Å². The first-order valence-electron chi connectivity index (χ1n) is 9.10. The molecule has 1 aromatic carbocycles. The van der Waals surface area contributed by atoms with Gasteiger partial charge in [-0.05, 0) is 24.3 Å². The predicted molar refractivity (Wildman–Crippen MR) is 100 cm³/mol. The standard InChI is InChI=1S/C19H23ClN4O2/c20-17-15(13-4-2-1-3-5-13)16(18(21)25)14-11-23(8-9-24(14)17)19(26)22-10-12-6-7-12/h1-5,12,14,16H,6-11H2,(H2,21,25)(H,22,26). The van der Waals surface area contributed by atoms with Gasteiger partial charge in [0, 0.05) is 31.8 Å². The summed E-state index contributed by atoms with van der Waals surface area (Å²) >= 11 is 6.64. The molecule has 2 heterocycles. The van der Waals surface area contributed by atoms with Crippen molar-refractivity contribution < 1.29 is 9.59 Å². The van der Waals surface area contributed by atoms with Gasteiger partial charge in [0.15, 0.2) is 0 Å². The highest BCUT2D eigenvalue weighted by atomic mass is 35.5. The van der Waals surface area contributed by atoms with E-state index in [4.69, 9.17) is 17.3 Å². The Morgan fingerprint density at radius 3 is 2.58 bits per heavy atom. The van der Waals surface area contributed by atoms with Gasteiger partial charge in [0.1, 0.15) is 5.16 Å². The van der Waals surface area contributed by atoms with E-state index in [1.807, 2.05) is 35.2 Å². The van der Waals surface area contributed by atoms with Crippen LogP contribution in [0.1, 0.15) is 18.4 Å². The maximum atomic E-state index is 12.5. The smallest absolute Gasteiger partial charge is 0.317 e. The molecule has 6 nitrogen and oxygen atoms in total. The van der Waals surface area contributed by atoms with Gasteiger partial charge >= 0.3 is 6.03 Å². The number of fused-ring (bicyclic) bond motifs is 1. The Labute approximate surface area is 158 Å². The van der Waals surface area contributed by atoms with E-state index in [-0.39, 0.29) is 12.1 Å². The maximum absolute atomic E-state index is 12.5. The molecule has 7 heteroatoms. The molecule has 0 spiro atoms. The van der Waals surface area contributed by atoms with Crippen LogP contribution in [-0.4, -0.2) is 54.0 Å². The highest BCUT2D eigenvalue weighted by Crippen LogP contribution is 2.43. The highest BCUT2D eigenvalue weighted by molar-refractivity contribution is 6.33. The number of halogens is 1. The van der Waals surface area contributed by atoms with E-state index in [0.717, 1.165) is 17.7 Å². The average Bonchev–Trinajstić information content (AvgIpc) is 3.43. The third-order valence-corrected chi connectivity index (χ3v) is 5.93. The Bertz CT molecular complexity index is 747. The van der Waals surface area contributed by atoms with Crippen molar-refractivity contribution >= 4 is 29.1 Å². The van der Waals surface area contributed by atoms with E-state index in [1.54, 1.807) is 4.90 Å². The predicted octanol–water partition coefficient (Wildman–Crippen LogP) is 1.81. The summed E-state index contributed by atoms with van der Waals surface area (Å²) in [6, 6.07) is 9.35. The second-order valence-electron chi connectivity index (χ2n) is 7.29. The van der Waals surface area contributed by atoms with E-state index in [1.165, 1.54) is 12.8 Å². The quantitative estimate of drug-likeness (QED) is 0.789. The second-order valence-corrected chi connectivity index (χ2v) is 7.64. The Morgan fingerprint density at radius 2 is 1.92 bits per heavy atom. The molecule has 3 amide bonds. The molecule has 2 fully saturated rings. The molecule has 1 saturated carbocycles. The molecule has 2 atom stereocenters. The lowest BCUT2D eigenvalue weighted by molar-refractivity contribution is -0.121. The Kier molecular flexibility index (Phi) is 4.53. The maximum Gasteiger partial charge on any atom is 0.317 e. The summed E-state index contributed by atoms with van der Waals surface area (Å²) in [6.07, 6.45) is 2.39. The van der Waals surface area contributed by atoms with Gasteiger partial charge in [-0.15, -0.1) is 0 Å². The molecule has 2 unspecified atom stereocenters. The van der Waals surface area contributed by atoms with Gasteiger partial charge in [-0.2, -0.15) is 0 Å². The van der Waals surface area contributed by atoms with E-state index >= 15 is 0 Å². The average molecular weight is 375 g/mol. The first-order valence-corrected chi connectivity index (χ1v) is 9.48. The summed E-state index contributed by atoms with van der Waals surface area (Å²) in [5.74, 6) is -0.301. The summed E-state index contributed by atoms with van der Waals surface area (Å²) in [4.78, 5) is 28.5. The van der Waals surface area contributed by atoms with Gasteiger partial charge in [-0.3, -0.25) is 4.79 Å². The zero-order chi connectivity index (χ0) is 18.3. The number of hydrogen-bond donors (Lipinski definition) is 2. The zero-order valence-electron chi connectivity index (χ0n) is 14.5. The SMILES string of the molecule is NC(=O)C1C(c2ccccc2)=C(Cl)N2CCN(C(=O)NCC3CC3)CC12. The van der Waals surface area contributed by atoms with Crippen molar-refractivity contribution in [3.8, 4) is 0 Å². The van der Waals surface area contributed by atoms with Gasteiger partial charge in [0.25, 0.3) is 0 Å². The molecule has 3 aliphatic rings. The van der Waals surface area contributed by atoms with Crippen LogP contribution in [0.3, 0.4) is 0 Å². The van der Waals surface area contributed by atoms with Gasteiger partial charge < -0.3 is 20.9 Å². The summed E-state index contributed by atoms with van der Waals surface area (Å²) in [6.45, 7) is 2.35. The van der Waals surface area contributed by atoms with E-state index < -0.39 is 11.8 Å². The Morgan fingerprint density at radius 1 is 1.19 bits per heavy atom. The molecule has 4 rings (SSSR count). The third-order valence-electron chi connectivity index (χ3n) is 5.51. The van der Waals surface area contributed by atoms with Crippen LogP contribution in [0.15, 0.2) is 35.5 Å². The summed E-state index contributed by atoms with van der Waals surface area (Å²) in [5.41, 5.74) is 7.42. The molecular weight excluding hydrogens is 352 g/mol. The van der Waals surface area contributed by atoms with Crippen molar-refractivity contribution in [2.45, 2.75) is 18.9 Å². The molecule has 1 saturated heterocycles. The highest BCUT2D eigenvalue weighted by Gasteiger charge is 2.47. The first kappa shape index (κ1) is 17.2. The first-order chi connectivity index (χ1) is 12.6. The Hall–Kier alpha value is -2.21. The molecule has 0 radical (unpaired) electrons. The van der Waals surface area contributed by atoms with Gasteiger partial charge in [-0.25, -0.2) is 4.79 Å². The summed E-state index contributed by atoms with van der Waals surface area (Å²) in [5, 5.41) is 3.57. The molecule has 1 aliphatic carbocycles. The number of urea groups is 1. The number of benzene rings is 1. The monoisotopic (exact) mass is 374 g/mol. The summed E-state index contributed by atoms with van der Waals surface area (Å²) in [7, 11) is 0. The van der Waals surface area contributed by atoms with Crippen LogP contribution in [-0.2, 0) is 4.79 Å². The fourth-order valence-electron chi connectivity index (χ4n) is 3.91. The Balaban J connectivity index is 1.55. The van der Waals surface area contributed by atoms with Crippen molar-refractivity contribution in [3.63, 3.8) is 0 Å². The van der Waals surface area contributed by atoms with Crippen molar-refractivity contribution in [1.29, 1.82) is 0 Å². The van der Waals surface area contributed by atoms with Crippen LogP contribution >= 0.6 is 11.6 Å². The molecule has 2 aliphatic heterocycles. The zero-order valence-corrected chi connectivity index (χ0v) is 15.3. The van der Waals surface area contributed by atoms with Crippen LogP contribution < -0.4 is 11.1 Å². The van der Waals surface area contributed by atoms with Crippen molar-refractivity contribution in [2.75, 3.05) is 26.2 Å². The lowest BCUT2D eigenvalue weighted by Crippen LogP contribution is -2.57. The van der Waals surface area contributed by atoms with Crippen LogP contribution in [0.5, 0.6) is 0 Å². The van der Waals surface area contributed by atoms with Crippen molar-refractivity contribution in [2.24, 2.45) is 17.6 Å². The molecule has 26 heavy (non-hydrogen) atoms. The van der Waals surface area contributed by atoms with E-state index in [9.17, 15) is 9.59 Å². The number of rotatable bonds is 4. The fraction of sp³-hybridized carbons (Fsp3) is 0.474. The van der Waals surface area contributed by atoms with Gasteiger partial charge in [0.05, 0.1) is 12.0 Å². The number of nitrogens with two attached hydrogens (primary N) is 1. The fourth-order valence-corrected chi connectivity index (χ4v) is 4.35. The number of piperazine rings is 1. The normalized spacial score (nSPS) is 25.3. The van der Waals surface area contributed by atoms with Crippen molar-refractivity contribution in [1.82, 2.24) is 15.1 Å².